The van der Waals surface area contributed by atoms with E-state index in [1.807, 2.05) is 6.92 Å². The molecule has 0 saturated heterocycles. The van der Waals surface area contributed by atoms with Gasteiger partial charge in [0.2, 0.25) is 0 Å². The summed E-state index contributed by atoms with van der Waals surface area (Å²) < 4.78 is 10.1. The average molecular weight is 199 g/mol. The Hall–Kier alpha value is -0.570. The first-order valence-electron chi connectivity index (χ1n) is 5.40. The van der Waals surface area contributed by atoms with Crippen molar-refractivity contribution in [2.75, 3.05) is 13.2 Å². The Morgan fingerprint density at radius 1 is 1.29 bits per heavy atom. The zero-order chi connectivity index (χ0) is 10.2. The van der Waals surface area contributed by atoms with E-state index < -0.39 is 0 Å². The highest BCUT2D eigenvalue weighted by molar-refractivity contribution is 5.72. The summed E-state index contributed by atoms with van der Waals surface area (Å²) in [6.07, 6.45) is 5.59. The van der Waals surface area contributed by atoms with Gasteiger partial charge in [-0.05, 0) is 19.8 Å². The Morgan fingerprint density at radius 2 is 2.00 bits per heavy atom. The molecule has 3 heteroatoms. The van der Waals surface area contributed by atoms with Crippen molar-refractivity contribution in [3.05, 3.63) is 6.61 Å². The van der Waals surface area contributed by atoms with Crippen LogP contribution in [-0.2, 0) is 14.3 Å². The fraction of sp³-hybridized carbons (Fsp3) is 0.818. The maximum Gasteiger partial charge on any atom is 0.309 e. The molecule has 0 aromatic carbocycles. The Morgan fingerprint density at radius 3 is 2.64 bits per heavy atom. The largest absolute Gasteiger partial charge is 0.463 e. The number of carbonyl (C=O) groups excluding carboxylic acids is 1. The molecule has 0 unspecified atom stereocenters. The van der Waals surface area contributed by atoms with Crippen LogP contribution < -0.4 is 0 Å². The lowest BCUT2D eigenvalue weighted by Crippen LogP contribution is -2.21. The molecule has 1 fully saturated rings. The van der Waals surface area contributed by atoms with E-state index in [1.165, 1.54) is 19.3 Å². The minimum Gasteiger partial charge on any atom is -0.463 e. The molecule has 1 aliphatic rings. The lowest BCUT2D eigenvalue weighted by atomic mass is 9.89. The van der Waals surface area contributed by atoms with Crippen LogP contribution in [0.5, 0.6) is 0 Å². The maximum absolute atomic E-state index is 11.5. The Balaban J connectivity index is 2.07. The van der Waals surface area contributed by atoms with Gasteiger partial charge in [0.05, 0.1) is 19.1 Å². The van der Waals surface area contributed by atoms with Gasteiger partial charge < -0.3 is 9.47 Å². The molecular formula is C11H19O3. The summed E-state index contributed by atoms with van der Waals surface area (Å²) in [6.45, 7) is 4.26. The molecule has 0 amide bonds. The Kier molecular flexibility index (Phi) is 5.60. The van der Waals surface area contributed by atoms with Crippen molar-refractivity contribution in [3.63, 3.8) is 0 Å². The number of carbonyl (C=O) groups is 1. The maximum atomic E-state index is 11.5. The van der Waals surface area contributed by atoms with Crippen LogP contribution in [0.1, 0.15) is 39.0 Å². The molecule has 3 nitrogen and oxygen atoms in total. The minimum absolute atomic E-state index is 0.0376. The van der Waals surface area contributed by atoms with Crippen LogP contribution in [-0.4, -0.2) is 19.2 Å². The molecule has 1 radical (unpaired) electrons. The standard InChI is InChI=1S/C11H19O3/c1-2-13-8-9-14-11(12)10-6-4-3-5-7-10/h2,10H,3-9H2,1H3. The molecule has 0 aromatic rings. The van der Waals surface area contributed by atoms with E-state index in [9.17, 15) is 4.79 Å². The highest BCUT2D eigenvalue weighted by Crippen LogP contribution is 2.24. The van der Waals surface area contributed by atoms with Crippen molar-refractivity contribution in [2.45, 2.75) is 39.0 Å². The quantitative estimate of drug-likeness (QED) is 0.503. The van der Waals surface area contributed by atoms with Gasteiger partial charge in [-0.3, -0.25) is 4.79 Å². The molecule has 0 aliphatic heterocycles. The summed E-state index contributed by atoms with van der Waals surface area (Å²) in [5, 5.41) is 0. The summed E-state index contributed by atoms with van der Waals surface area (Å²) in [5.74, 6) is 0.110. The van der Waals surface area contributed by atoms with E-state index in [0.29, 0.717) is 13.2 Å². The normalized spacial score (nSPS) is 18.1. The third kappa shape index (κ3) is 4.09. The predicted molar refractivity (Wildman–Crippen MR) is 53.5 cm³/mol. The molecule has 0 spiro atoms. The molecule has 0 heterocycles. The summed E-state index contributed by atoms with van der Waals surface area (Å²) in [4.78, 5) is 11.5. The molecule has 14 heavy (non-hydrogen) atoms. The van der Waals surface area contributed by atoms with Crippen molar-refractivity contribution >= 4 is 5.97 Å². The first kappa shape index (κ1) is 11.5. The van der Waals surface area contributed by atoms with Crippen molar-refractivity contribution in [3.8, 4) is 0 Å². The van der Waals surface area contributed by atoms with Crippen LogP contribution in [0.2, 0.25) is 0 Å². The lowest BCUT2D eigenvalue weighted by molar-refractivity contribution is -0.150. The summed E-state index contributed by atoms with van der Waals surface area (Å²) in [5.41, 5.74) is 0. The van der Waals surface area contributed by atoms with Gasteiger partial charge in [-0.15, -0.1) is 0 Å². The van der Waals surface area contributed by atoms with Gasteiger partial charge >= 0.3 is 5.97 Å². The number of hydrogen-bond donors (Lipinski definition) is 0. The highest BCUT2D eigenvalue weighted by Gasteiger charge is 2.21. The van der Waals surface area contributed by atoms with E-state index in [2.05, 4.69) is 0 Å². The first-order chi connectivity index (χ1) is 6.84. The van der Waals surface area contributed by atoms with E-state index in [4.69, 9.17) is 9.47 Å². The van der Waals surface area contributed by atoms with Crippen molar-refractivity contribution in [1.82, 2.24) is 0 Å². The minimum atomic E-state index is -0.0376. The molecule has 0 N–H and O–H groups in total. The number of esters is 1. The third-order valence-corrected chi connectivity index (χ3v) is 2.55. The van der Waals surface area contributed by atoms with Gasteiger partial charge in [0.15, 0.2) is 0 Å². The Labute approximate surface area is 85.8 Å². The molecule has 1 aliphatic carbocycles. The summed E-state index contributed by atoms with van der Waals surface area (Å²) in [7, 11) is 0. The average Bonchev–Trinajstić information content (AvgIpc) is 2.25. The molecular weight excluding hydrogens is 180 g/mol. The fourth-order valence-corrected chi connectivity index (χ4v) is 1.76. The zero-order valence-corrected chi connectivity index (χ0v) is 8.83. The smallest absolute Gasteiger partial charge is 0.309 e. The van der Waals surface area contributed by atoms with Crippen LogP contribution in [0.4, 0.5) is 0 Å². The van der Waals surface area contributed by atoms with Gasteiger partial charge in [0, 0.05) is 0 Å². The second kappa shape index (κ2) is 6.82. The number of rotatable bonds is 5. The Bertz CT molecular complexity index is 162. The number of hydrogen-bond acceptors (Lipinski definition) is 3. The molecule has 0 bridgehead atoms. The van der Waals surface area contributed by atoms with E-state index >= 15 is 0 Å². The van der Waals surface area contributed by atoms with Gasteiger partial charge in [-0.1, -0.05) is 19.3 Å². The number of ether oxygens (including phenoxy) is 2. The van der Waals surface area contributed by atoms with Crippen molar-refractivity contribution in [1.29, 1.82) is 0 Å². The van der Waals surface area contributed by atoms with Crippen molar-refractivity contribution in [2.24, 2.45) is 5.92 Å². The lowest BCUT2D eigenvalue weighted by Gasteiger charge is -2.19. The van der Waals surface area contributed by atoms with Crippen LogP contribution in [0.15, 0.2) is 0 Å². The summed E-state index contributed by atoms with van der Waals surface area (Å²) in [6, 6.07) is 0. The monoisotopic (exact) mass is 199 g/mol. The van der Waals surface area contributed by atoms with E-state index in [-0.39, 0.29) is 11.9 Å². The molecule has 0 atom stereocenters. The van der Waals surface area contributed by atoms with E-state index in [0.717, 1.165) is 12.8 Å². The van der Waals surface area contributed by atoms with Gasteiger partial charge in [0.1, 0.15) is 6.61 Å². The first-order valence-corrected chi connectivity index (χ1v) is 5.40. The van der Waals surface area contributed by atoms with Crippen LogP contribution in [0.25, 0.3) is 0 Å². The summed E-state index contributed by atoms with van der Waals surface area (Å²) >= 11 is 0. The van der Waals surface area contributed by atoms with E-state index in [1.54, 1.807) is 6.61 Å². The van der Waals surface area contributed by atoms with Crippen LogP contribution in [0, 0.1) is 12.5 Å². The van der Waals surface area contributed by atoms with Crippen LogP contribution in [0.3, 0.4) is 0 Å². The second-order valence-corrected chi connectivity index (χ2v) is 3.61. The SMILES string of the molecule is C[CH]OCCOC(=O)C1CCCCC1. The molecule has 1 saturated carbocycles. The highest BCUT2D eigenvalue weighted by atomic mass is 16.6. The predicted octanol–water partition coefficient (Wildman–Crippen LogP) is 2.31. The second-order valence-electron chi connectivity index (χ2n) is 3.61. The van der Waals surface area contributed by atoms with Crippen molar-refractivity contribution < 1.29 is 14.3 Å². The third-order valence-electron chi connectivity index (χ3n) is 2.55. The van der Waals surface area contributed by atoms with Gasteiger partial charge in [0.25, 0.3) is 0 Å². The van der Waals surface area contributed by atoms with Crippen LogP contribution >= 0.6 is 0 Å². The van der Waals surface area contributed by atoms with Gasteiger partial charge in [-0.2, -0.15) is 0 Å². The molecule has 0 aromatic heterocycles. The topological polar surface area (TPSA) is 35.5 Å². The van der Waals surface area contributed by atoms with Gasteiger partial charge in [-0.25, -0.2) is 0 Å². The molecule has 1 rings (SSSR count). The fourth-order valence-electron chi connectivity index (χ4n) is 1.76. The zero-order valence-electron chi connectivity index (χ0n) is 8.83. The molecule has 81 valence electrons.